The zero-order valence-corrected chi connectivity index (χ0v) is 21.8. The summed E-state index contributed by atoms with van der Waals surface area (Å²) in [7, 11) is 1.60. The average Bonchev–Trinajstić information content (AvgIpc) is 2.85. The zero-order chi connectivity index (χ0) is 25.3. The van der Waals surface area contributed by atoms with E-state index in [9.17, 15) is 14.7 Å². The van der Waals surface area contributed by atoms with Gasteiger partial charge in [0.2, 0.25) is 0 Å². The van der Waals surface area contributed by atoms with Crippen LogP contribution >= 0.6 is 15.9 Å². The summed E-state index contributed by atoms with van der Waals surface area (Å²) in [5.41, 5.74) is 2.70. The smallest absolute Gasteiger partial charge is 0.415 e. The predicted molar refractivity (Wildman–Crippen MR) is 137 cm³/mol. The average molecular weight is 541 g/mol. The molecule has 0 spiro atoms. The van der Waals surface area contributed by atoms with Crippen molar-refractivity contribution in [2.75, 3.05) is 13.7 Å². The monoisotopic (exact) mass is 540 g/mol. The largest absolute Gasteiger partial charge is 0.497 e. The lowest BCUT2D eigenvalue weighted by molar-refractivity contribution is -0.141. The second-order valence-corrected chi connectivity index (χ2v) is 9.93. The highest BCUT2D eigenvalue weighted by molar-refractivity contribution is 9.11. The molecule has 2 heterocycles. The van der Waals surface area contributed by atoms with Crippen molar-refractivity contribution in [1.82, 2.24) is 9.80 Å². The van der Waals surface area contributed by atoms with Crippen LogP contribution in [0.3, 0.4) is 0 Å². The van der Waals surface area contributed by atoms with E-state index in [1.807, 2.05) is 54.6 Å². The summed E-state index contributed by atoms with van der Waals surface area (Å²) in [5, 5.41) is 10.5. The number of halogens is 1. The van der Waals surface area contributed by atoms with Gasteiger partial charge in [-0.1, -0.05) is 58.4 Å². The first kappa shape index (κ1) is 25.0. The van der Waals surface area contributed by atoms with Crippen molar-refractivity contribution in [1.29, 1.82) is 0 Å². The number of rotatable bonds is 5. The van der Waals surface area contributed by atoms with Gasteiger partial charge in [0.15, 0.2) is 0 Å². The number of β-lactam (4-membered cyclic amide) rings is 1. The van der Waals surface area contributed by atoms with E-state index in [1.54, 1.807) is 37.8 Å². The van der Waals surface area contributed by atoms with Crippen molar-refractivity contribution in [2.45, 2.75) is 45.0 Å². The van der Waals surface area contributed by atoms with Crippen LogP contribution in [0.15, 0.2) is 70.9 Å². The van der Waals surface area contributed by atoms with Crippen molar-refractivity contribution in [3.63, 3.8) is 0 Å². The SMILES string of the molecule is COc1ccc(CN2C(=O)C3=C(c4ccccc4)/C(=C/Br)N(C(=O)OC(C)(C)C)C(CO)[C@H]32)cc1. The number of amides is 2. The first-order valence-electron chi connectivity index (χ1n) is 11.4. The highest BCUT2D eigenvalue weighted by atomic mass is 79.9. The van der Waals surface area contributed by atoms with Crippen LogP contribution in [0.2, 0.25) is 0 Å². The fraction of sp³-hybridized carbons (Fsp3) is 0.333. The van der Waals surface area contributed by atoms with Gasteiger partial charge in [-0.2, -0.15) is 0 Å². The molecule has 2 atom stereocenters. The summed E-state index contributed by atoms with van der Waals surface area (Å²) in [4.78, 5) is 31.7. The number of likely N-dealkylation sites (tertiary alicyclic amines) is 1. The Bertz CT molecular complexity index is 1170. The van der Waals surface area contributed by atoms with Gasteiger partial charge in [0.25, 0.3) is 5.91 Å². The number of allylic oxidation sites excluding steroid dienone is 1. The molecule has 1 fully saturated rings. The number of hydrogen-bond donors (Lipinski definition) is 1. The molecule has 0 radical (unpaired) electrons. The number of methoxy groups -OCH3 is 1. The lowest BCUT2D eigenvalue weighted by Gasteiger charge is -2.54. The summed E-state index contributed by atoms with van der Waals surface area (Å²) in [6, 6.07) is 15.8. The maximum absolute atomic E-state index is 13.5. The standard InChI is InChI=1S/C27H29BrN2O5/c1-27(2,3)35-26(33)30-20(14-28)22(18-8-6-5-7-9-18)23-24(21(30)16-31)29(25(23)32)15-17-10-12-19(34-4)13-11-17/h5-14,21,24,31H,15-16H2,1-4H3/b20-14-/t21?,24-/m1/s1. The van der Waals surface area contributed by atoms with E-state index in [0.29, 0.717) is 23.4 Å². The molecule has 1 unspecified atom stereocenters. The van der Waals surface area contributed by atoms with Crippen LogP contribution in [0, 0.1) is 0 Å². The van der Waals surface area contributed by atoms with E-state index in [-0.39, 0.29) is 12.5 Å². The molecule has 8 heteroatoms. The molecule has 184 valence electrons. The van der Waals surface area contributed by atoms with E-state index < -0.39 is 23.8 Å². The van der Waals surface area contributed by atoms with Gasteiger partial charge in [-0.15, -0.1) is 0 Å². The summed E-state index contributed by atoms with van der Waals surface area (Å²) in [6.45, 7) is 5.38. The first-order valence-corrected chi connectivity index (χ1v) is 12.3. The molecule has 2 amide bonds. The molecular weight excluding hydrogens is 512 g/mol. The Morgan fingerprint density at radius 1 is 1.11 bits per heavy atom. The minimum atomic E-state index is -0.733. The molecule has 2 aromatic rings. The Morgan fingerprint density at radius 2 is 1.77 bits per heavy atom. The van der Waals surface area contributed by atoms with Crippen LogP contribution in [-0.4, -0.2) is 58.3 Å². The quantitative estimate of drug-likeness (QED) is 0.555. The topological polar surface area (TPSA) is 79.3 Å². The Morgan fingerprint density at radius 3 is 2.31 bits per heavy atom. The Hall–Kier alpha value is -3.10. The summed E-state index contributed by atoms with van der Waals surface area (Å²) >= 11 is 3.40. The fourth-order valence-corrected chi connectivity index (χ4v) is 5.02. The normalized spacial score (nSPS) is 21.1. The van der Waals surface area contributed by atoms with Gasteiger partial charge in [0, 0.05) is 17.1 Å². The number of benzene rings is 2. The fourth-order valence-electron chi connectivity index (χ4n) is 4.57. The van der Waals surface area contributed by atoms with E-state index in [4.69, 9.17) is 9.47 Å². The number of aliphatic hydroxyl groups is 1. The molecule has 1 N–H and O–H groups in total. The molecule has 2 aromatic carbocycles. The highest BCUT2D eigenvalue weighted by Crippen LogP contribution is 2.47. The number of nitrogens with zero attached hydrogens (tertiary/aromatic N) is 2. The van der Waals surface area contributed by atoms with E-state index in [0.717, 1.165) is 16.9 Å². The number of ether oxygens (including phenoxy) is 2. The molecule has 2 aliphatic rings. The third kappa shape index (κ3) is 4.73. The Balaban J connectivity index is 1.81. The van der Waals surface area contributed by atoms with Crippen LogP contribution in [0.5, 0.6) is 5.75 Å². The van der Waals surface area contributed by atoms with E-state index in [2.05, 4.69) is 15.9 Å². The van der Waals surface area contributed by atoms with Gasteiger partial charge in [-0.05, 0) is 44.0 Å². The molecule has 0 aromatic heterocycles. The third-order valence-corrected chi connectivity index (χ3v) is 6.49. The number of carbonyl (C=O) groups excluding carboxylic acids is 2. The van der Waals surface area contributed by atoms with Crippen LogP contribution in [0.4, 0.5) is 4.79 Å². The molecule has 2 aliphatic heterocycles. The minimum absolute atomic E-state index is 0.126. The molecule has 7 nitrogen and oxygen atoms in total. The number of fused-ring (bicyclic) bond motifs is 1. The lowest BCUT2D eigenvalue weighted by Crippen LogP contribution is -2.68. The van der Waals surface area contributed by atoms with Gasteiger partial charge >= 0.3 is 6.09 Å². The number of carbonyl (C=O) groups is 2. The van der Waals surface area contributed by atoms with Crippen molar-refractivity contribution >= 4 is 33.5 Å². The van der Waals surface area contributed by atoms with Gasteiger partial charge in [0.1, 0.15) is 11.4 Å². The van der Waals surface area contributed by atoms with Gasteiger partial charge in [-0.3, -0.25) is 9.69 Å². The first-order chi connectivity index (χ1) is 16.7. The van der Waals surface area contributed by atoms with Crippen LogP contribution in [-0.2, 0) is 16.1 Å². The summed E-state index contributed by atoms with van der Waals surface area (Å²) in [5.74, 6) is 0.601. The minimum Gasteiger partial charge on any atom is -0.497 e. The van der Waals surface area contributed by atoms with Gasteiger partial charge in [0.05, 0.1) is 37.1 Å². The molecule has 4 rings (SSSR count). The van der Waals surface area contributed by atoms with Crippen molar-refractivity contribution in [2.24, 2.45) is 0 Å². The zero-order valence-electron chi connectivity index (χ0n) is 20.2. The van der Waals surface area contributed by atoms with E-state index >= 15 is 0 Å². The summed E-state index contributed by atoms with van der Waals surface area (Å²) < 4.78 is 10.9. The van der Waals surface area contributed by atoms with Crippen molar-refractivity contribution < 1.29 is 24.2 Å². The Kier molecular flexibility index (Phi) is 7.05. The molecule has 35 heavy (non-hydrogen) atoms. The highest BCUT2D eigenvalue weighted by Gasteiger charge is 2.55. The van der Waals surface area contributed by atoms with Gasteiger partial charge in [-0.25, -0.2) is 4.79 Å². The maximum Gasteiger partial charge on any atom is 0.415 e. The number of aliphatic hydroxyl groups excluding tert-OH is 1. The van der Waals surface area contributed by atoms with Gasteiger partial charge < -0.3 is 19.5 Å². The molecule has 0 saturated carbocycles. The third-order valence-electron chi connectivity index (χ3n) is 6.06. The van der Waals surface area contributed by atoms with Crippen molar-refractivity contribution in [3.8, 4) is 5.75 Å². The Labute approximate surface area is 213 Å². The number of hydrogen-bond acceptors (Lipinski definition) is 5. The maximum atomic E-state index is 13.5. The second kappa shape index (κ2) is 9.87. The molecular formula is C27H29BrN2O5. The van der Waals surface area contributed by atoms with E-state index in [1.165, 1.54) is 4.90 Å². The molecule has 1 saturated heterocycles. The molecule has 0 bridgehead atoms. The summed E-state index contributed by atoms with van der Waals surface area (Å²) in [6.07, 6.45) is -0.585. The van der Waals surface area contributed by atoms with Crippen LogP contribution in [0.1, 0.15) is 31.9 Å². The van der Waals surface area contributed by atoms with Crippen molar-refractivity contribution in [3.05, 3.63) is 82.0 Å². The molecule has 0 aliphatic carbocycles. The lowest BCUT2D eigenvalue weighted by atomic mass is 9.77. The predicted octanol–water partition coefficient (Wildman–Crippen LogP) is 4.71. The van der Waals surface area contributed by atoms with Crippen LogP contribution < -0.4 is 4.74 Å². The second-order valence-electron chi connectivity index (χ2n) is 9.48. The van der Waals surface area contributed by atoms with Crippen LogP contribution in [0.25, 0.3) is 5.57 Å².